The SMILES string of the molecule is Cc1ccc(CNCCc2cnn(C)c2)cn1. The minimum Gasteiger partial charge on any atom is -0.312 e. The maximum absolute atomic E-state index is 4.27. The third kappa shape index (κ3) is 3.67. The molecule has 0 fully saturated rings. The van der Waals surface area contributed by atoms with Gasteiger partial charge in [0, 0.05) is 31.7 Å². The van der Waals surface area contributed by atoms with Gasteiger partial charge in [-0.1, -0.05) is 6.07 Å². The van der Waals surface area contributed by atoms with Crippen molar-refractivity contribution in [1.29, 1.82) is 0 Å². The number of nitrogens with one attached hydrogen (secondary N) is 1. The van der Waals surface area contributed by atoms with E-state index in [0.29, 0.717) is 0 Å². The summed E-state index contributed by atoms with van der Waals surface area (Å²) < 4.78 is 1.83. The Morgan fingerprint density at radius 2 is 2.12 bits per heavy atom. The van der Waals surface area contributed by atoms with Gasteiger partial charge in [-0.15, -0.1) is 0 Å². The molecule has 17 heavy (non-hydrogen) atoms. The van der Waals surface area contributed by atoms with Crippen LogP contribution in [0.3, 0.4) is 0 Å². The van der Waals surface area contributed by atoms with Crippen LogP contribution in [0.2, 0.25) is 0 Å². The third-order valence-electron chi connectivity index (χ3n) is 2.65. The van der Waals surface area contributed by atoms with Gasteiger partial charge in [-0.05, 0) is 37.1 Å². The first-order chi connectivity index (χ1) is 8.24. The Balaban J connectivity index is 1.71. The molecule has 2 aromatic rings. The number of aromatic nitrogens is 3. The molecule has 1 N–H and O–H groups in total. The summed E-state index contributed by atoms with van der Waals surface area (Å²) >= 11 is 0. The molecule has 4 heteroatoms. The average molecular weight is 230 g/mol. The van der Waals surface area contributed by atoms with E-state index in [1.807, 2.05) is 37.1 Å². The molecule has 0 aliphatic heterocycles. The highest BCUT2D eigenvalue weighted by Gasteiger charge is 1.96. The van der Waals surface area contributed by atoms with Crippen molar-refractivity contribution >= 4 is 0 Å². The predicted molar refractivity (Wildman–Crippen MR) is 67.6 cm³/mol. The van der Waals surface area contributed by atoms with Crippen LogP contribution in [0.25, 0.3) is 0 Å². The van der Waals surface area contributed by atoms with Crippen molar-refractivity contribution in [2.75, 3.05) is 6.54 Å². The molecule has 2 rings (SSSR count). The second kappa shape index (κ2) is 5.59. The van der Waals surface area contributed by atoms with Gasteiger partial charge in [0.05, 0.1) is 6.20 Å². The van der Waals surface area contributed by atoms with Crippen LogP contribution in [0.1, 0.15) is 16.8 Å². The molecule has 2 aromatic heterocycles. The standard InChI is InChI=1S/C13H18N4/c1-11-3-4-12(8-15-11)7-14-6-5-13-9-16-17(2)10-13/h3-4,8-10,14H,5-7H2,1-2H3. The van der Waals surface area contributed by atoms with Gasteiger partial charge >= 0.3 is 0 Å². The summed E-state index contributed by atoms with van der Waals surface area (Å²) in [5.74, 6) is 0. The first kappa shape index (κ1) is 11.8. The number of rotatable bonds is 5. The summed E-state index contributed by atoms with van der Waals surface area (Å²) in [7, 11) is 1.94. The Kier molecular flexibility index (Phi) is 3.88. The van der Waals surface area contributed by atoms with E-state index < -0.39 is 0 Å². The Morgan fingerprint density at radius 3 is 2.76 bits per heavy atom. The van der Waals surface area contributed by atoms with Crippen molar-refractivity contribution in [3.05, 3.63) is 47.5 Å². The molecule has 90 valence electrons. The van der Waals surface area contributed by atoms with Crippen molar-refractivity contribution in [1.82, 2.24) is 20.1 Å². The number of nitrogens with zero attached hydrogens (tertiary/aromatic N) is 3. The van der Waals surface area contributed by atoms with Gasteiger partial charge in [0.2, 0.25) is 0 Å². The fourth-order valence-electron chi connectivity index (χ4n) is 1.67. The molecule has 0 unspecified atom stereocenters. The van der Waals surface area contributed by atoms with E-state index in [9.17, 15) is 0 Å². The number of hydrogen-bond acceptors (Lipinski definition) is 3. The molecule has 0 bridgehead atoms. The summed E-state index contributed by atoms with van der Waals surface area (Å²) in [6, 6.07) is 4.15. The Hall–Kier alpha value is -1.68. The lowest BCUT2D eigenvalue weighted by Crippen LogP contribution is -2.16. The minimum atomic E-state index is 0.869. The van der Waals surface area contributed by atoms with Crippen molar-refractivity contribution < 1.29 is 0 Å². The second-order valence-electron chi connectivity index (χ2n) is 4.26. The maximum atomic E-state index is 4.27. The molecular formula is C13H18N4. The lowest BCUT2D eigenvalue weighted by molar-refractivity contribution is 0.684. The van der Waals surface area contributed by atoms with E-state index in [0.717, 1.165) is 25.2 Å². The topological polar surface area (TPSA) is 42.7 Å². The summed E-state index contributed by atoms with van der Waals surface area (Å²) in [5, 5.41) is 7.54. The quantitative estimate of drug-likeness (QED) is 0.791. The Labute approximate surface area is 102 Å². The van der Waals surface area contributed by atoms with Crippen LogP contribution in [0.15, 0.2) is 30.7 Å². The number of pyridine rings is 1. The van der Waals surface area contributed by atoms with E-state index in [4.69, 9.17) is 0 Å². The van der Waals surface area contributed by atoms with Crippen molar-refractivity contribution in [2.45, 2.75) is 19.9 Å². The van der Waals surface area contributed by atoms with Crippen molar-refractivity contribution in [3.8, 4) is 0 Å². The summed E-state index contributed by atoms with van der Waals surface area (Å²) in [6.07, 6.45) is 6.89. The molecule has 0 amide bonds. The van der Waals surface area contributed by atoms with Crippen LogP contribution in [-0.4, -0.2) is 21.3 Å². The van der Waals surface area contributed by atoms with Crippen LogP contribution in [0.5, 0.6) is 0 Å². The summed E-state index contributed by atoms with van der Waals surface area (Å²) in [6.45, 7) is 3.83. The predicted octanol–water partition coefficient (Wildman–Crippen LogP) is 1.46. The summed E-state index contributed by atoms with van der Waals surface area (Å²) in [5.41, 5.74) is 3.55. The Bertz CT molecular complexity index is 459. The molecule has 2 heterocycles. The zero-order valence-electron chi connectivity index (χ0n) is 10.3. The largest absolute Gasteiger partial charge is 0.312 e. The van der Waals surface area contributed by atoms with Crippen molar-refractivity contribution in [3.63, 3.8) is 0 Å². The molecule has 4 nitrogen and oxygen atoms in total. The summed E-state index contributed by atoms with van der Waals surface area (Å²) in [4.78, 5) is 4.27. The van der Waals surface area contributed by atoms with Gasteiger partial charge in [0.15, 0.2) is 0 Å². The first-order valence-corrected chi connectivity index (χ1v) is 5.84. The zero-order valence-corrected chi connectivity index (χ0v) is 10.3. The minimum absolute atomic E-state index is 0.869. The van der Waals surface area contributed by atoms with Crippen LogP contribution in [-0.2, 0) is 20.0 Å². The Morgan fingerprint density at radius 1 is 1.24 bits per heavy atom. The third-order valence-corrected chi connectivity index (χ3v) is 2.65. The van der Waals surface area contributed by atoms with E-state index in [2.05, 4.69) is 27.7 Å². The fraction of sp³-hybridized carbons (Fsp3) is 0.385. The van der Waals surface area contributed by atoms with Gasteiger partial charge < -0.3 is 5.32 Å². The highest BCUT2D eigenvalue weighted by molar-refractivity contribution is 5.12. The highest BCUT2D eigenvalue weighted by Crippen LogP contribution is 1.99. The smallest absolute Gasteiger partial charge is 0.0522 e. The number of hydrogen-bond donors (Lipinski definition) is 1. The molecule has 0 aromatic carbocycles. The fourth-order valence-corrected chi connectivity index (χ4v) is 1.67. The van der Waals surface area contributed by atoms with Gasteiger partial charge in [-0.2, -0.15) is 5.10 Å². The molecular weight excluding hydrogens is 212 g/mol. The van der Waals surface area contributed by atoms with Crippen LogP contribution < -0.4 is 5.32 Å². The first-order valence-electron chi connectivity index (χ1n) is 5.84. The molecule has 0 saturated carbocycles. The maximum Gasteiger partial charge on any atom is 0.0522 e. The monoisotopic (exact) mass is 230 g/mol. The molecule has 0 radical (unpaired) electrons. The normalized spacial score (nSPS) is 10.7. The average Bonchev–Trinajstić information content (AvgIpc) is 2.73. The van der Waals surface area contributed by atoms with E-state index in [1.165, 1.54) is 11.1 Å². The van der Waals surface area contributed by atoms with Crippen LogP contribution >= 0.6 is 0 Å². The van der Waals surface area contributed by atoms with E-state index in [-0.39, 0.29) is 0 Å². The molecule has 0 saturated heterocycles. The second-order valence-corrected chi connectivity index (χ2v) is 4.26. The van der Waals surface area contributed by atoms with Gasteiger partial charge in [0.25, 0.3) is 0 Å². The van der Waals surface area contributed by atoms with Crippen LogP contribution in [0.4, 0.5) is 0 Å². The van der Waals surface area contributed by atoms with Crippen molar-refractivity contribution in [2.24, 2.45) is 7.05 Å². The highest BCUT2D eigenvalue weighted by atomic mass is 15.2. The lowest BCUT2D eigenvalue weighted by atomic mass is 10.2. The van der Waals surface area contributed by atoms with E-state index in [1.54, 1.807) is 0 Å². The molecule has 0 aliphatic rings. The molecule has 0 spiro atoms. The van der Waals surface area contributed by atoms with Gasteiger partial charge in [0.1, 0.15) is 0 Å². The lowest BCUT2D eigenvalue weighted by Gasteiger charge is -2.03. The molecule has 0 aliphatic carbocycles. The van der Waals surface area contributed by atoms with Gasteiger partial charge in [-0.25, -0.2) is 0 Å². The zero-order chi connectivity index (χ0) is 12.1. The number of aryl methyl sites for hydroxylation is 2. The van der Waals surface area contributed by atoms with E-state index >= 15 is 0 Å². The molecule has 0 atom stereocenters. The van der Waals surface area contributed by atoms with Crippen LogP contribution in [0, 0.1) is 6.92 Å². The van der Waals surface area contributed by atoms with Gasteiger partial charge in [-0.3, -0.25) is 9.67 Å².